The van der Waals surface area contributed by atoms with Gasteiger partial charge in [-0.1, -0.05) is 30.3 Å². The van der Waals surface area contributed by atoms with E-state index in [1.165, 1.54) is 5.56 Å². The molecule has 1 fully saturated rings. The Bertz CT molecular complexity index is 222. The number of hydrogen-bond donors (Lipinski definition) is 4. The van der Waals surface area contributed by atoms with Gasteiger partial charge in [0.15, 0.2) is 0 Å². The lowest BCUT2D eigenvalue weighted by atomic mass is 10.2. The van der Waals surface area contributed by atoms with Gasteiger partial charge in [0.1, 0.15) is 0 Å². The molecule has 84 valence electrons. The Labute approximate surface area is 91.2 Å². The molecule has 1 aliphatic rings. The molecule has 0 aromatic heterocycles. The van der Waals surface area contributed by atoms with Gasteiger partial charge in [-0.25, -0.2) is 0 Å². The van der Waals surface area contributed by atoms with E-state index in [9.17, 15) is 0 Å². The first-order valence-electron chi connectivity index (χ1n) is 5.32. The van der Waals surface area contributed by atoms with Gasteiger partial charge in [0, 0.05) is 32.7 Å². The van der Waals surface area contributed by atoms with E-state index < -0.39 is 0 Å². The average molecular weight is 208 g/mol. The number of hydrogen-bond acceptors (Lipinski definition) is 4. The van der Waals surface area contributed by atoms with E-state index in [1.807, 2.05) is 30.3 Å². The van der Waals surface area contributed by atoms with Gasteiger partial charge < -0.3 is 10.6 Å². The van der Waals surface area contributed by atoms with Crippen LogP contribution < -0.4 is 21.9 Å². The topological polar surface area (TPSA) is 62.1 Å². The maximum Gasteiger partial charge on any atom is 0.0348 e. The second-order valence-electron chi connectivity index (χ2n) is 3.37. The quantitative estimate of drug-likeness (QED) is 0.402. The molecule has 0 radical (unpaired) electrons. The second-order valence-corrected chi connectivity index (χ2v) is 3.37. The highest BCUT2D eigenvalue weighted by molar-refractivity contribution is 5.13. The molecular weight excluding hydrogens is 188 g/mol. The van der Waals surface area contributed by atoms with Crippen LogP contribution in [0.1, 0.15) is 5.56 Å². The molecule has 1 aliphatic heterocycles. The molecular formula is C11H20N4. The Balaban J connectivity index is 0.000000162. The van der Waals surface area contributed by atoms with Crippen LogP contribution in [-0.4, -0.2) is 26.2 Å². The van der Waals surface area contributed by atoms with Crippen molar-refractivity contribution in [1.29, 1.82) is 0 Å². The van der Waals surface area contributed by atoms with Crippen LogP contribution in [0.5, 0.6) is 0 Å². The van der Waals surface area contributed by atoms with Crippen LogP contribution in [0.3, 0.4) is 0 Å². The molecule has 5 N–H and O–H groups in total. The Hall–Kier alpha value is -0.940. The van der Waals surface area contributed by atoms with Crippen molar-refractivity contribution in [2.75, 3.05) is 26.2 Å². The zero-order valence-corrected chi connectivity index (χ0v) is 9.00. The predicted octanol–water partition coefficient (Wildman–Crippen LogP) is -0.171. The lowest BCUT2D eigenvalue weighted by Gasteiger charge is -2.11. The predicted molar refractivity (Wildman–Crippen MR) is 63.2 cm³/mol. The number of hydrazine groups is 1. The Morgan fingerprint density at radius 3 is 1.93 bits per heavy atom. The summed E-state index contributed by atoms with van der Waals surface area (Å²) >= 11 is 0. The third kappa shape index (κ3) is 6.19. The van der Waals surface area contributed by atoms with Crippen molar-refractivity contribution in [3.63, 3.8) is 0 Å². The summed E-state index contributed by atoms with van der Waals surface area (Å²) in [5.74, 6) is 5.11. The van der Waals surface area contributed by atoms with Crippen LogP contribution in [0.2, 0.25) is 0 Å². The Kier molecular flexibility index (Phi) is 6.77. The largest absolute Gasteiger partial charge is 0.314 e. The molecule has 0 unspecified atom stereocenters. The summed E-state index contributed by atoms with van der Waals surface area (Å²) in [6.45, 7) is 5.29. The zero-order valence-electron chi connectivity index (χ0n) is 9.00. The molecule has 1 aromatic carbocycles. The summed E-state index contributed by atoms with van der Waals surface area (Å²) in [6, 6.07) is 10.0. The van der Waals surface area contributed by atoms with Crippen LogP contribution >= 0.6 is 0 Å². The number of nitrogens with two attached hydrogens (primary N) is 1. The van der Waals surface area contributed by atoms with Gasteiger partial charge in [-0.3, -0.25) is 11.3 Å². The van der Waals surface area contributed by atoms with Crippen molar-refractivity contribution in [3.8, 4) is 0 Å². The van der Waals surface area contributed by atoms with E-state index in [4.69, 9.17) is 5.84 Å². The zero-order chi connectivity index (χ0) is 10.8. The minimum atomic E-state index is 0.737. The fraction of sp³-hybridized carbons (Fsp3) is 0.455. The summed E-state index contributed by atoms with van der Waals surface area (Å²) < 4.78 is 0. The third-order valence-corrected chi connectivity index (χ3v) is 2.11. The van der Waals surface area contributed by atoms with Crippen LogP contribution in [0.25, 0.3) is 0 Å². The monoisotopic (exact) mass is 208 g/mol. The Morgan fingerprint density at radius 2 is 1.53 bits per heavy atom. The van der Waals surface area contributed by atoms with Crippen LogP contribution in [0.4, 0.5) is 0 Å². The number of piperazine rings is 1. The molecule has 2 rings (SSSR count). The van der Waals surface area contributed by atoms with Gasteiger partial charge in [0.25, 0.3) is 0 Å². The molecule has 4 heteroatoms. The van der Waals surface area contributed by atoms with Crippen molar-refractivity contribution in [3.05, 3.63) is 35.9 Å². The molecule has 0 atom stereocenters. The summed E-state index contributed by atoms with van der Waals surface area (Å²) in [7, 11) is 0. The first-order valence-corrected chi connectivity index (χ1v) is 5.32. The van der Waals surface area contributed by atoms with Gasteiger partial charge in [-0.05, 0) is 5.56 Å². The van der Waals surface area contributed by atoms with Crippen molar-refractivity contribution < 1.29 is 0 Å². The van der Waals surface area contributed by atoms with Crippen LogP contribution in [0, 0.1) is 0 Å². The van der Waals surface area contributed by atoms with E-state index in [-0.39, 0.29) is 0 Å². The fourth-order valence-electron chi connectivity index (χ4n) is 1.32. The normalized spacial score (nSPS) is 15.3. The highest BCUT2D eigenvalue weighted by Gasteiger charge is 1.91. The lowest BCUT2D eigenvalue weighted by molar-refractivity contribution is 0.534. The minimum Gasteiger partial charge on any atom is -0.314 e. The van der Waals surface area contributed by atoms with Gasteiger partial charge in [0.2, 0.25) is 0 Å². The molecule has 15 heavy (non-hydrogen) atoms. The molecule has 0 saturated carbocycles. The van der Waals surface area contributed by atoms with E-state index in [0.717, 1.165) is 32.7 Å². The first-order chi connectivity index (χ1) is 7.43. The van der Waals surface area contributed by atoms with Gasteiger partial charge >= 0.3 is 0 Å². The molecule has 0 bridgehead atoms. The molecule has 0 aliphatic carbocycles. The Morgan fingerprint density at radius 1 is 1.00 bits per heavy atom. The van der Waals surface area contributed by atoms with Gasteiger partial charge in [0.05, 0.1) is 0 Å². The minimum absolute atomic E-state index is 0.737. The SMILES string of the molecule is C1CNCCN1.NNCc1ccccc1. The fourth-order valence-corrected chi connectivity index (χ4v) is 1.32. The summed E-state index contributed by atoms with van der Waals surface area (Å²) in [4.78, 5) is 0. The maximum atomic E-state index is 5.11. The van der Waals surface area contributed by atoms with E-state index in [0.29, 0.717) is 0 Å². The maximum absolute atomic E-state index is 5.11. The van der Waals surface area contributed by atoms with Crippen molar-refractivity contribution in [1.82, 2.24) is 16.1 Å². The summed E-state index contributed by atoms with van der Waals surface area (Å²) in [5.41, 5.74) is 3.79. The number of nitrogens with one attached hydrogen (secondary N) is 3. The molecule has 0 amide bonds. The van der Waals surface area contributed by atoms with Crippen molar-refractivity contribution in [2.24, 2.45) is 5.84 Å². The van der Waals surface area contributed by atoms with E-state index in [2.05, 4.69) is 16.1 Å². The number of rotatable bonds is 2. The standard InChI is InChI=1S/C7H10N2.C4H10N2/c8-9-6-7-4-2-1-3-5-7;1-2-6-4-3-5-1/h1-5,9H,6,8H2;5-6H,1-4H2. The third-order valence-electron chi connectivity index (χ3n) is 2.11. The summed E-state index contributed by atoms with van der Waals surface area (Å²) in [6.07, 6.45) is 0. The van der Waals surface area contributed by atoms with Crippen LogP contribution in [-0.2, 0) is 6.54 Å². The second kappa shape index (κ2) is 8.38. The van der Waals surface area contributed by atoms with Gasteiger partial charge in [-0.2, -0.15) is 0 Å². The lowest BCUT2D eigenvalue weighted by Crippen LogP contribution is -2.39. The molecule has 1 saturated heterocycles. The van der Waals surface area contributed by atoms with E-state index in [1.54, 1.807) is 0 Å². The average Bonchev–Trinajstić information content (AvgIpc) is 2.34. The van der Waals surface area contributed by atoms with Crippen molar-refractivity contribution >= 4 is 0 Å². The summed E-state index contributed by atoms with van der Waals surface area (Å²) in [5, 5.41) is 6.44. The highest BCUT2D eigenvalue weighted by Crippen LogP contribution is 1.95. The van der Waals surface area contributed by atoms with Crippen LogP contribution in [0.15, 0.2) is 30.3 Å². The number of benzene rings is 1. The smallest absolute Gasteiger partial charge is 0.0348 e. The molecule has 4 nitrogen and oxygen atoms in total. The van der Waals surface area contributed by atoms with Gasteiger partial charge in [-0.15, -0.1) is 0 Å². The molecule has 1 heterocycles. The molecule has 1 aromatic rings. The van der Waals surface area contributed by atoms with Crippen molar-refractivity contribution in [2.45, 2.75) is 6.54 Å². The highest BCUT2D eigenvalue weighted by atomic mass is 15.2. The first kappa shape index (κ1) is 12.1. The van der Waals surface area contributed by atoms with E-state index >= 15 is 0 Å². The molecule has 0 spiro atoms.